The highest BCUT2D eigenvalue weighted by Gasteiger charge is 2.52. The summed E-state index contributed by atoms with van der Waals surface area (Å²) in [5, 5.41) is 5.24. The molecule has 2 heterocycles. The Hall–Kier alpha value is -3.47. The Morgan fingerprint density at radius 1 is 1.03 bits per heavy atom. The molecule has 0 saturated carbocycles. The maximum absolute atomic E-state index is 13.0. The SMILES string of the molecule is C[C@@H](NS(=O)(=O)c1ccc(Oc2ccc(Cl)cn2)cc1)[C@@]1(c2ccccc2)NC(=O)NC1=O. The predicted octanol–water partition coefficient (Wildman–Crippen LogP) is 2.93. The number of amides is 3. The summed E-state index contributed by atoms with van der Waals surface area (Å²) in [6.07, 6.45) is 1.43. The molecule has 0 radical (unpaired) electrons. The van der Waals surface area contributed by atoms with Gasteiger partial charge in [0.05, 0.1) is 16.0 Å². The van der Waals surface area contributed by atoms with Crippen LogP contribution in [0.4, 0.5) is 4.79 Å². The van der Waals surface area contributed by atoms with E-state index in [0.717, 1.165) is 0 Å². The van der Waals surface area contributed by atoms with Gasteiger partial charge in [-0.05, 0) is 42.8 Å². The lowest BCUT2D eigenvalue weighted by molar-refractivity contribution is -0.125. The third kappa shape index (κ3) is 4.54. The first-order chi connectivity index (χ1) is 15.7. The van der Waals surface area contributed by atoms with Gasteiger partial charge in [-0.1, -0.05) is 41.9 Å². The Labute approximate surface area is 195 Å². The third-order valence-electron chi connectivity index (χ3n) is 5.16. The molecule has 2 aromatic carbocycles. The summed E-state index contributed by atoms with van der Waals surface area (Å²) in [5.74, 6) is 0.0302. The van der Waals surface area contributed by atoms with E-state index in [1.165, 1.54) is 37.4 Å². The van der Waals surface area contributed by atoms with E-state index >= 15 is 0 Å². The van der Waals surface area contributed by atoms with Crippen LogP contribution >= 0.6 is 11.6 Å². The van der Waals surface area contributed by atoms with Gasteiger partial charge in [-0.3, -0.25) is 10.1 Å². The molecule has 3 aromatic rings. The quantitative estimate of drug-likeness (QED) is 0.441. The van der Waals surface area contributed by atoms with E-state index in [1.807, 2.05) is 0 Å². The van der Waals surface area contributed by atoms with Gasteiger partial charge in [-0.2, -0.15) is 0 Å². The zero-order valence-corrected chi connectivity index (χ0v) is 18.9. The highest BCUT2D eigenvalue weighted by Crippen LogP contribution is 2.30. The average molecular weight is 487 g/mol. The maximum Gasteiger partial charge on any atom is 0.322 e. The number of hydrogen-bond donors (Lipinski definition) is 3. The molecule has 0 aliphatic carbocycles. The summed E-state index contributed by atoms with van der Waals surface area (Å²) < 4.78 is 34.2. The average Bonchev–Trinajstić information content (AvgIpc) is 3.11. The van der Waals surface area contributed by atoms with E-state index in [0.29, 0.717) is 22.2 Å². The van der Waals surface area contributed by atoms with Gasteiger partial charge in [0.1, 0.15) is 5.75 Å². The molecule has 1 aliphatic rings. The number of nitrogens with one attached hydrogen (secondary N) is 3. The number of urea groups is 1. The van der Waals surface area contributed by atoms with Crippen LogP contribution in [0.2, 0.25) is 5.02 Å². The van der Waals surface area contributed by atoms with Gasteiger partial charge in [0.15, 0.2) is 5.54 Å². The fourth-order valence-corrected chi connectivity index (χ4v) is 4.93. The normalized spacial score (nSPS) is 19.0. The molecule has 1 aliphatic heterocycles. The van der Waals surface area contributed by atoms with E-state index in [9.17, 15) is 18.0 Å². The van der Waals surface area contributed by atoms with Crippen LogP contribution in [0.5, 0.6) is 11.6 Å². The molecule has 9 nitrogen and oxygen atoms in total. The van der Waals surface area contributed by atoms with Crippen LogP contribution in [-0.4, -0.2) is 31.4 Å². The van der Waals surface area contributed by atoms with Crippen molar-refractivity contribution in [3.63, 3.8) is 0 Å². The molecule has 3 N–H and O–H groups in total. The predicted molar refractivity (Wildman–Crippen MR) is 120 cm³/mol. The number of pyridine rings is 1. The smallest absolute Gasteiger partial charge is 0.322 e. The second kappa shape index (κ2) is 8.81. The van der Waals surface area contributed by atoms with Gasteiger partial charge in [0.25, 0.3) is 5.91 Å². The number of rotatable bonds is 7. The van der Waals surface area contributed by atoms with Crippen molar-refractivity contribution in [3.8, 4) is 11.6 Å². The number of carbonyl (C=O) groups is 2. The van der Waals surface area contributed by atoms with Gasteiger partial charge in [-0.15, -0.1) is 0 Å². The third-order valence-corrected chi connectivity index (χ3v) is 6.94. The Balaban J connectivity index is 1.56. The van der Waals surface area contributed by atoms with Crippen molar-refractivity contribution in [3.05, 3.63) is 83.5 Å². The number of benzene rings is 2. The molecule has 2 atom stereocenters. The summed E-state index contributed by atoms with van der Waals surface area (Å²) >= 11 is 5.80. The highest BCUT2D eigenvalue weighted by molar-refractivity contribution is 7.89. The van der Waals surface area contributed by atoms with E-state index in [1.54, 1.807) is 42.5 Å². The minimum Gasteiger partial charge on any atom is -0.439 e. The monoisotopic (exact) mass is 486 g/mol. The van der Waals surface area contributed by atoms with Crippen LogP contribution in [0.25, 0.3) is 0 Å². The second-order valence-corrected chi connectivity index (χ2v) is 9.46. The molecule has 33 heavy (non-hydrogen) atoms. The Morgan fingerprint density at radius 2 is 1.73 bits per heavy atom. The first-order valence-corrected chi connectivity index (χ1v) is 11.7. The molecule has 1 aromatic heterocycles. The van der Waals surface area contributed by atoms with Crippen LogP contribution in [0.1, 0.15) is 12.5 Å². The molecule has 1 saturated heterocycles. The maximum atomic E-state index is 13.0. The number of ether oxygens (including phenoxy) is 1. The first kappa shape index (κ1) is 22.7. The summed E-state index contributed by atoms with van der Waals surface area (Å²) in [6.45, 7) is 1.51. The van der Waals surface area contributed by atoms with Crippen molar-refractivity contribution in [1.29, 1.82) is 0 Å². The summed E-state index contributed by atoms with van der Waals surface area (Å²) in [4.78, 5) is 28.7. The fraction of sp³-hybridized carbons (Fsp3) is 0.136. The highest BCUT2D eigenvalue weighted by atomic mass is 35.5. The molecule has 11 heteroatoms. The van der Waals surface area contributed by atoms with Gasteiger partial charge in [-0.25, -0.2) is 22.9 Å². The Bertz CT molecular complexity index is 1280. The number of carbonyl (C=O) groups excluding carboxylic acids is 2. The van der Waals surface area contributed by atoms with Crippen molar-refractivity contribution in [1.82, 2.24) is 20.3 Å². The number of aromatic nitrogens is 1. The number of sulfonamides is 1. The van der Waals surface area contributed by atoms with E-state index < -0.39 is 33.5 Å². The standard InChI is InChI=1S/C22H19ClN4O5S/c1-14(22(15-5-3-2-4-6-15)20(28)25-21(29)26-22)27-33(30,31)18-10-8-17(9-11-18)32-19-12-7-16(23)13-24-19/h2-14,27H,1H3,(H2,25,26,28,29)/t14-,22+/m1/s1. The van der Waals surface area contributed by atoms with Crippen molar-refractivity contribution in [2.24, 2.45) is 0 Å². The Kier molecular flexibility index (Phi) is 6.07. The topological polar surface area (TPSA) is 126 Å². The minimum absolute atomic E-state index is 0.0429. The summed E-state index contributed by atoms with van der Waals surface area (Å²) in [6, 6.07) is 15.6. The number of hydrogen-bond acceptors (Lipinski definition) is 6. The fourth-order valence-electron chi connectivity index (χ4n) is 3.55. The molecular formula is C22H19ClN4O5S. The molecule has 1 fully saturated rings. The molecule has 4 rings (SSSR count). The number of nitrogens with zero attached hydrogens (tertiary/aromatic N) is 1. The van der Waals surface area contributed by atoms with Crippen LogP contribution < -0.4 is 20.1 Å². The lowest BCUT2D eigenvalue weighted by Crippen LogP contribution is -2.58. The van der Waals surface area contributed by atoms with Crippen molar-refractivity contribution in [2.75, 3.05) is 0 Å². The van der Waals surface area contributed by atoms with Crippen LogP contribution in [0, 0.1) is 0 Å². The number of halogens is 1. The lowest BCUT2D eigenvalue weighted by atomic mass is 9.84. The summed E-state index contributed by atoms with van der Waals surface area (Å²) in [5.41, 5.74) is -1.16. The van der Waals surface area contributed by atoms with E-state index in [4.69, 9.17) is 16.3 Å². The molecular weight excluding hydrogens is 468 g/mol. The minimum atomic E-state index is -4.05. The van der Waals surface area contributed by atoms with Gasteiger partial charge in [0, 0.05) is 12.3 Å². The van der Waals surface area contributed by atoms with Crippen LogP contribution in [0.3, 0.4) is 0 Å². The van der Waals surface area contributed by atoms with Gasteiger partial charge >= 0.3 is 6.03 Å². The van der Waals surface area contributed by atoms with E-state index in [2.05, 4.69) is 20.3 Å². The van der Waals surface area contributed by atoms with Crippen molar-refractivity contribution in [2.45, 2.75) is 23.4 Å². The lowest BCUT2D eigenvalue weighted by Gasteiger charge is -2.33. The summed E-state index contributed by atoms with van der Waals surface area (Å²) in [7, 11) is -4.05. The van der Waals surface area contributed by atoms with Crippen LogP contribution in [0.15, 0.2) is 77.8 Å². The largest absolute Gasteiger partial charge is 0.439 e. The first-order valence-electron chi connectivity index (χ1n) is 9.81. The van der Waals surface area contributed by atoms with Crippen molar-refractivity contribution < 1.29 is 22.7 Å². The molecule has 170 valence electrons. The molecule has 0 spiro atoms. The molecule has 0 bridgehead atoms. The van der Waals surface area contributed by atoms with Gasteiger partial charge < -0.3 is 10.1 Å². The Morgan fingerprint density at radius 3 is 2.30 bits per heavy atom. The zero-order valence-electron chi connectivity index (χ0n) is 17.3. The van der Waals surface area contributed by atoms with Crippen molar-refractivity contribution >= 4 is 33.6 Å². The zero-order chi connectivity index (χ0) is 23.6. The molecule has 0 unspecified atom stereocenters. The van der Waals surface area contributed by atoms with Crippen LogP contribution in [-0.2, 0) is 20.4 Å². The number of imide groups is 1. The van der Waals surface area contributed by atoms with Gasteiger partial charge in [0.2, 0.25) is 15.9 Å². The molecule has 3 amide bonds. The second-order valence-electron chi connectivity index (χ2n) is 7.31. The van der Waals surface area contributed by atoms with E-state index in [-0.39, 0.29) is 4.90 Å².